The van der Waals surface area contributed by atoms with Crippen molar-refractivity contribution in [1.29, 1.82) is 0 Å². The van der Waals surface area contributed by atoms with Gasteiger partial charge in [0.05, 0.1) is 18.6 Å². The number of benzene rings is 1. The summed E-state index contributed by atoms with van der Waals surface area (Å²) in [6, 6.07) is 7.52. The quantitative estimate of drug-likeness (QED) is 0.869. The van der Waals surface area contributed by atoms with Gasteiger partial charge in [0, 0.05) is 47.2 Å². The minimum atomic E-state index is -0.207. The number of anilines is 2. The van der Waals surface area contributed by atoms with E-state index in [-0.39, 0.29) is 6.17 Å². The predicted molar refractivity (Wildman–Crippen MR) is 101 cm³/mol. The van der Waals surface area contributed by atoms with E-state index in [2.05, 4.69) is 20.2 Å². The van der Waals surface area contributed by atoms with Crippen LogP contribution in [0.4, 0.5) is 11.6 Å². The SMILES string of the molecule is Clc1cccc(Cl)c1C1NC=CN1c1cc(N2CC3(COC3)C2)ncn1. The normalized spacial score (nSPS) is 22.9. The Balaban J connectivity index is 1.42. The Labute approximate surface area is 161 Å². The molecular weight excluding hydrogens is 373 g/mol. The van der Waals surface area contributed by atoms with Crippen molar-refractivity contribution < 1.29 is 4.74 Å². The van der Waals surface area contributed by atoms with Crippen LogP contribution in [-0.2, 0) is 4.74 Å². The maximum Gasteiger partial charge on any atom is 0.140 e. The van der Waals surface area contributed by atoms with E-state index < -0.39 is 0 Å². The fraction of sp³-hybridized carbons (Fsp3) is 0.333. The molecule has 2 saturated heterocycles. The van der Waals surface area contributed by atoms with Gasteiger partial charge in [-0.25, -0.2) is 9.97 Å². The van der Waals surface area contributed by atoms with E-state index in [1.807, 2.05) is 41.6 Å². The molecule has 0 radical (unpaired) electrons. The topological polar surface area (TPSA) is 53.5 Å². The molecule has 1 atom stereocenters. The van der Waals surface area contributed by atoms with Gasteiger partial charge in [0.1, 0.15) is 24.1 Å². The van der Waals surface area contributed by atoms with Crippen LogP contribution < -0.4 is 15.1 Å². The third kappa shape index (κ3) is 2.52. The number of aromatic nitrogens is 2. The van der Waals surface area contributed by atoms with Gasteiger partial charge in [-0.2, -0.15) is 0 Å². The van der Waals surface area contributed by atoms with E-state index >= 15 is 0 Å². The molecule has 0 aliphatic carbocycles. The van der Waals surface area contributed by atoms with Crippen molar-refractivity contribution in [2.45, 2.75) is 6.17 Å². The third-order valence-corrected chi connectivity index (χ3v) is 5.80. The summed E-state index contributed by atoms with van der Waals surface area (Å²) in [7, 11) is 0. The largest absolute Gasteiger partial charge is 0.380 e. The highest BCUT2D eigenvalue weighted by Crippen LogP contribution is 2.41. The molecule has 1 unspecified atom stereocenters. The number of ether oxygens (including phenoxy) is 1. The Bertz CT molecular complexity index is 857. The molecule has 5 rings (SSSR count). The smallest absolute Gasteiger partial charge is 0.140 e. The number of nitrogens with one attached hydrogen (secondary N) is 1. The first-order chi connectivity index (χ1) is 12.7. The van der Waals surface area contributed by atoms with Gasteiger partial charge in [0.2, 0.25) is 0 Å². The molecule has 0 saturated carbocycles. The van der Waals surface area contributed by atoms with Gasteiger partial charge in [0.15, 0.2) is 0 Å². The van der Waals surface area contributed by atoms with Crippen molar-refractivity contribution in [2.24, 2.45) is 5.41 Å². The Hall–Kier alpha value is -2.02. The summed E-state index contributed by atoms with van der Waals surface area (Å²) in [5.41, 5.74) is 1.17. The molecule has 1 aromatic carbocycles. The Morgan fingerprint density at radius 1 is 1.12 bits per heavy atom. The fourth-order valence-corrected chi connectivity index (χ4v) is 4.34. The average Bonchev–Trinajstić information content (AvgIpc) is 3.02. The van der Waals surface area contributed by atoms with Crippen molar-refractivity contribution in [3.8, 4) is 0 Å². The lowest BCUT2D eigenvalue weighted by molar-refractivity contribution is -0.127. The maximum absolute atomic E-state index is 6.40. The van der Waals surface area contributed by atoms with Crippen LogP contribution in [0.25, 0.3) is 0 Å². The Kier molecular flexibility index (Phi) is 3.74. The molecule has 2 aromatic rings. The summed E-state index contributed by atoms with van der Waals surface area (Å²) in [5.74, 6) is 1.72. The molecule has 0 bridgehead atoms. The van der Waals surface area contributed by atoms with Gasteiger partial charge in [-0.05, 0) is 12.1 Å². The lowest BCUT2D eigenvalue weighted by Gasteiger charge is -2.55. The molecule has 4 heterocycles. The Morgan fingerprint density at radius 2 is 1.85 bits per heavy atom. The monoisotopic (exact) mass is 389 g/mol. The van der Waals surface area contributed by atoms with Crippen molar-refractivity contribution in [3.05, 3.63) is 58.6 Å². The van der Waals surface area contributed by atoms with Crippen molar-refractivity contribution >= 4 is 34.8 Å². The molecule has 1 spiro atoms. The molecule has 26 heavy (non-hydrogen) atoms. The lowest BCUT2D eigenvalue weighted by Crippen LogP contribution is -2.66. The summed E-state index contributed by atoms with van der Waals surface area (Å²) >= 11 is 12.8. The number of rotatable bonds is 3. The predicted octanol–water partition coefficient (Wildman–Crippen LogP) is 3.20. The van der Waals surface area contributed by atoms with Crippen molar-refractivity contribution in [3.63, 3.8) is 0 Å². The molecule has 1 N–H and O–H groups in total. The van der Waals surface area contributed by atoms with Crippen LogP contribution in [0, 0.1) is 5.41 Å². The molecule has 3 aliphatic rings. The molecule has 6 nitrogen and oxygen atoms in total. The van der Waals surface area contributed by atoms with Crippen molar-refractivity contribution in [2.75, 3.05) is 36.1 Å². The van der Waals surface area contributed by atoms with E-state index in [0.29, 0.717) is 15.5 Å². The highest BCUT2D eigenvalue weighted by atomic mass is 35.5. The average molecular weight is 390 g/mol. The number of nitrogens with zero attached hydrogens (tertiary/aromatic N) is 4. The van der Waals surface area contributed by atoms with E-state index in [1.165, 1.54) is 0 Å². The van der Waals surface area contributed by atoms with Gasteiger partial charge < -0.3 is 19.9 Å². The highest BCUT2D eigenvalue weighted by Gasteiger charge is 2.49. The van der Waals surface area contributed by atoms with Crippen LogP contribution in [0.15, 0.2) is 43.0 Å². The first-order valence-corrected chi connectivity index (χ1v) is 9.21. The maximum atomic E-state index is 6.40. The van der Waals surface area contributed by atoms with E-state index in [1.54, 1.807) is 6.33 Å². The van der Waals surface area contributed by atoms with Gasteiger partial charge in [-0.3, -0.25) is 0 Å². The molecule has 8 heteroatoms. The number of halogens is 2. The molecule has 2 fully saturated rings. The first-order valence-electron chi connectivity index (χ1n) is 8.45. The zero-order valence-corrected chi connectivity index (χ0v) is 15.4. The summed E-state index contributed by atoms with van der Waals surface area (Å²) in [6.07, 6.45) is 5.20. The molecule has 3 aliphatic heterocycles. The highest BCUT2D eigenvalue weighted by molar-refractivity contribution is 6.36. The van der Waals surface area contributed by atoms with E-state index in [0.717, 1.165) is 43.5 Å². The second-order valence-corrected chi connectivity index (χ2v) is 7.83. The van der Waals surface area contributed by atoms with Crippen LogP contribution in [0.1, 0.15) is 11.7 Å². The summed E-state index contributed by atoms with van der Waals surface area (Å²) in [6.45, 7) is 3.68. The minimum Gasteiger partial charge on any atom is -0.380 e. The van der Waals surface area contributed by atoms with Gasteiger partial charge in [0.25, 0.3) is 0 Å². The fourth-order valence-electron chi connectivity index (χ4n) is 3.73. The molecule has 1 aromatic heterocycles. The summed E-state index contributed by atoms with van der Waals surface area (Å²) in [4.78, 5) is 13.2. The summed E-state index contributed by atoms with van der Waals surface area (Å²) in [5, 5.41) is 4.53. The number of hydrogen-bond acceptors (Lipinski definition) is 6. The minimum absolute atomic E-state index is 0.207. The summed E-state index contributed by atoms with van der Waals surface area (Å²) < 4.78 is 5.34. The second kappa shape index (κ2) is 6.01. The van der Waals surface area contributed by atoms with Crippen LogP contribution in [0.2, 0.25) is 10.0 Å². The van der Waals surface area contributed by atoms with E-state index in [4.69, 9.17) is 27.9 Å². The van der Waals surface area contributed by atoms with Crippen LogP contribution >= 0.6 is 23.2 Å². The van der Waals surface area contributed by atoms with Crippen LogP contribution in [-0.4, -0.2) is 36.3 Å². The third-order valence-electron chi connectivity index (χ3n) is 5.14. The van der Waals surface area contributed by atoms with Gasteiger partial charge in [-0.1, -0.05) is 29.3 Å². The van der Waals surface area contributed by atoms with Crippen LogP contribution in [0.3, 0.4) is 0 Å². The number of hydrogen-bond donors (Lipinski definition) is 1. The van der Waals surface area contributed by atoms with E-state index in [9.17, 15) is 0 Å². The van der Waals surface area contributed by atoms with Crippen molar-refractivity contribution in [1.82, 2.24) is 15.3 Å². The van der Waals surface area contributed by atoms with Gasteiger partial charge >= 0.3 is 0 Å². The van der Waals surface area contributed by atoms with Gasteiger partial charge in [-0.15, -0.1) is 0 Å². The Morgan fingerprint density at radius 3 is 2.54 bits per heavy atom. The molecule has 0 amide bonds. The van der Waals surface area contributed by atoms with Crippen LogP contribution in [0.5, 0.6) is 0 Å². The standard InChI is InChI=1S/C18H17Cl2N5O/c19-12-2-1-3-13(20)16(12)17-21-4-5-25(17)15-6-14(22-11-23-15)24-7-18(8-24)9-26-10-18/h1-6,11,17,21H,7-10H2. The molecule has 134 valence electrons. The zero-order chi connectivity index (χ0) is 17.7. The zero-order valence-electron chi connectivity index (χ0n) is 13.9. The second-order valence-electron chi connectivity index (χ2n) is 7.01. The molecular formula is C18H17Cl2N5O. The lowest BCUT2D eigenvalue weighted by atomic mass is 9.78. The first kappa shape index (κ1) is 16.2.